The molecule has 0 aromatic rings. The Morgan fingerprint density at radius 2 is 2.06 bits per heavy atom. The summed E-state index contributed by atoms with van der Waals surface area (Å²) in [5.74, 6) is 0.0923. The van der Waals surface area contributed by atoms with E-state index in [-0.39, 0.29) is 11.9 Å². The normalized spacial score (nSPS) is 19.3. The van der Waals surface area contributed by atoms with Gasteiger partial charge in [-0.1, -0.05) is 26.2 Å². The van der Waals surface area contributed by atoms with Crippen LogP contribution in [-0.2, 0) is 4.79 Å². The minimum atomic E-state index is 0.0923. The molecule has 0 aromatic heterocycles. The number of likely N-dealkylation sites (N-methyl/N-ethyl adjacent to an activating group) is 1. The minimum Gasteiger partial charge on any atom is -0.359 e. The third kappa shape index (κ3) is 4.28. The highest BCUT2D eigenvalue weighted by Gasteiger charge is 2.26. The van der Waals surface area contributed by atoms with E-state index in [0.717, 1.165) is 6.54 Å². The molecular formula is C13H27N3O. The number of carbonyl (C=O) groups is 1. The van der Waals surface area contributed by atoms with Crippen molar-refractivity contribution in [1.82, 2.24) is 10.2 Å². The monoisotopic (exact) mass is 241 g/mol. The number of rotatable bonds is 6. The smallest absolute Gasteiger partial charge is 0.221 e. The molecule has 0 radical (unpaired) electrons. The average Bonchev–Trinajstić information content (AvgIpc) is 2.39. The Morgan fingerprint density at radius 1 is 1.41 bits per heavy atom. The molecule has 1 saturated carbocycles. The summed E-state index contributed by atoms with van der Waals surface area (Å²) in [6.07, 6.45) is 7.04. The molecule has 1 fully saturated rings. The molecule has 4 nitrogen and oxygen atoms in total. The van der Waals surface area contributed by atoms with Gasteiger partial charge in [-0.15, -0.1) is 0 Å². The van der Waals surface area contributed by atoms with Crippen LogP contribution in [0.15, 0.2) is 0 Å². The zero-order valence-corrected chi connectivity index (χ0v) is 11.2. The Bertz CT molecular complexity index is 227. The van der Waals surface area contributed by atoms with Gasteiger partial charge in [-0.2, -0.15) is 0 Å². The van der Waals surface area contributed by atoms with E-state index in [1.54, 1.807) is 7.05 Å². The number of hydrogen-bond donors (Lipinski definition) is 2. The number of amides is 1. The molecule has 1 aliphatic carbocycles. The SMILES string of the molecule is CCN(C1CCCCC1)C(CN)CC(=O)NC. The Hall–Kier alpha value is -0.610. The predicted molar refractivity (Wildman–Crippen MR) is 70.8 cm³/mol. The number of nitrogens with two attached hydrogens (primary N) is 1. The van der Waals surface area contributed by atoms with Gasteiger partial charge in [0.2, 0.25) is 5.91 Å². The molecule has 1 rings (SSSR count). The molecule has 0 bridgehead atoms. The van der Waals surface area contributed by atoms with Crippen molar-refractivity contribution in [2.24, 2.45) is 5.73 Å². The van der Waals surface area contributed by atoms with Crippen LogP contribution in [-0.4, -0.2) is 43.0 Å². The van der Waals surface area contributed by atoms with E-state index in [1.807, 2.05) is 0 Å². The molecular weight excluding hydrogens is 214 g/mol. The van der Waals surface area contributed by atoms with Gasteiger partial charge in [0, 0.05) is 32.1 Å². The maximum atomic E-state index is 11.5. The van der Waals surface area contributed by atoms with Gasteiger partial charge in [-0.3, -0.25) is 9.69 Å². The summed E-state index contributed by atoms with van der Waals surface area (Å²) in [6, 6.07) is 0.829. The van der Waals surface area contributed by atoms with Crippen LogP contribution in [0.2, 0.25) is 0 Å². The second kappa shape index (κ2) is 7.67. The van der Waals surface area contributed by atoms with Crippen LogP contribution in [0.25, 0.3) is 0 Å². The summed E-state index contributed by atoms with van der Waals surface area (Å²) in [4.78, 5) is 13.9. The van der Waals surface area contributed by atoms with E-state index in [9.17, 15) is 4.79 Å². The zero-order valence-electron chi connectivity index (χ0n) is 11.2. The highest BCUT2D eigenvalue weighted by atomic mass is 16.1. The van der Waals surface area contributed by atoms with Crippen molar-refractivity contribution in [1.29, 1.82) is 0 Å². The summed E-state index contributed by atoms with van der Waals surface area (Å²) in [7, 11) is 1.69. The first-order chi connectivity index (χ1) is 8.22. The summed E-state index contributed by atoms with van der Waals surface area (Å²) in [5.41, 5.74) is 5.84. The lowest BCUT2D eigenvalue weighted by Gasteiger charge is -2.38. The lowest BCUT2D eigenvalue weighted by Crippen LogP contribution is -2.49. The molecule has 1 unspecified atom stereocenters. The standard InChI is InChI=1S/C13H27N3O/c1-3-16(11-7-5-4-6-8-11)12(10-14)9-13(17)15-2/h11-12H,3-10,14H2,1-2H3,(H,15,17). The Balaban J connectivity index is 2.57. The van der Waals surface area contributed by atoms with Gasteiger partial charge in [0.15, 0.2) is 0 Å². The fourth-order valence-electron chi connectivity index (χ4n) is 2.88. The first kappa shape index (κ1) is 14.5. The summed E-state index contributed by atoms with van der Waals surface area (Å²) in [6.45, 7) is 3.72. The highest BCUT2D eigenvalue weighted by Crippen LogP contribution is 2.24. The predicted octanol–water partition coefficient (Wildman–Crippen LogP) is 1.10. The van der Waals surface area contributed by atoms with Crippen LogP contribution in [0.4, 0.5) is 0 Å². The summed E-state index contributed by atoms with van der Waals surface area (Å²) >= 11 is 0. The van der Waals surface area contributed by atoms with E-state index in [1.165, 1.54) is 32.1 Å². The molecule has 0 aliphatic heterocycles. The molecule has 1 amide bonds. The third-order valence-electron chi connectivity index (χ3n) is 3.85. The van der Waals surface area contributed by atoms with E-state index in [4.69, 9.17) is 5.73 Å². The second-order valence-electron chi connectivity index (χ2n) is 4.89. The van der Waals surface area contributed by atoms with Crippen molar-refractivity contribution >= 4 is 5.91 Å². The molecule has 1 aliphatic rings. The van der Waals surface area contributed by atoms with Gasteiger partial charge in [0.25, 0.3) is 0 Å². The Kier molecular flexibility index (Phi) is 6.52. The van der Waals surface area contributed by atoms with Crippen LogP contribution in [0.1, 0.15) is 45.4 Å². The van der Waals surface area contributed by atoms with Gasteiger partial charge < -0.3 is 11.1 Å². The van der Waals surface area contributed by atoms with E-state index < -0.39 is 0 Å². The fraction of sp³-hybridized carbons (Fsp3) is 0.923. The first-order valence-electron chi connectivity index (χ1n) is 6.89. The number of hydrogen-bond acceptors (Lipinski definition) is 3. The van der Waals surface area contributed by atoms with Gasteiger partial charge in [-0.05, 0) is 19.4 Å². The molecule has 4 heteroatoms. The van der Waals surface area contributed by atoms with Crippen LogP contribution in [0.5, 0.6) is 0 Å². The lowest BCUT2D eigenvalue weighted by atomic mass is 9.92. The van der Waals surface area contributed by atoms with Crippen LogP contribution >= 0.6 is 0 Å². The largest absolute Gasteiger partial charge is 0.359 e. The van der Waals surface area contributed by atoms with Crippen molar-refractivity contribution in [3.8, 4) is 0 Å². The molecule has 0 spiro atoms. The van der Waals surface area contributed by atoms with Crippen molar-refractivity contribution < 1.29 is 4.79 Å². The topological polar surface area (TPSA) is 58.4 Å². The van der Waals surface area contributed by atoms with E-state index in [0.29, 0.717) is 19.0 Å². The van der Waals surface area contributed by atoms with Crippen LogP contribution in [0, 0.1) is 0 Å². The first-order valence-corrected chi connectivity index (χ1v) is 6.89. The van der Waals surface area contributed by atoms with Gasteiger partial charge in [0.1, 0.15) is 0 Å². The highest BCUT2D eigenvalue weighted by molar-refractivity contribution is 5.76. The maximum Gasteiger partial charge on any atom is 0.221 e. The number of carbonyl (C=O) groups excluding carboxylic acids is 1. The molecule has 3 N–H and O–H groups in total. The quantitative estimate of drug-likeness (QED) is 0.732. The molecule has 17 heavy (non-hydrogen) atoms. The van der Waals surface area contributed by atoms with E-state index in [2.05, 4.69) is 17.1 Å². The maximum absolute atomic E-state index is 11.5. The summed E-state index contributed by atoms with van der Waals surface area (Å²) < 4.78 is 0. The van der Waals surface area contributed by atoms with Gasteiger partial charge in [0.05, 0.1) is 0 Å². The minimum absolute atomic E-state index is 0.0923. The Morgan fingerprint density at radius 3 is 2.53 bits per heavy atom. The zero-order chi connectivity index (χ0) is 12.7. The van der Waals surface area contributed by atoms with Crippen molar-refractivity contribution in [2.75, 3.05) is 20.1 Å². The number of nitrogens with one attached hydrogen (secondary N) is 1. The van der Waals surface area contributed by atoms with Crippen molar-refractivity contribution in [3.05, 3.63) is 0 Å². The van der Waals surface area contributed by atoms with Gasteiger partial charge in [-0.25, -0.2) is 0 Å². The van der Waals surface area contributed by atoms with Crippen LogP contribution < -0.4 is 11.1 Å². The van der Waals surface area contributed by atoms with E-state index >= 15 is 0 Å². The average molecular weight is 241 g/mol. The lowest BCUT2D eigenvalue weighted by molar-refractivity contribution is -0.122. The molecule has 0 aromatic carbocycles. The third-order valence-corrected chi connectivity index (χ3v) is 3.85. The Labute approximate surface area is 105 Å². The molecule has 0 heterocycles. The molecule has 1 atom stereocenters. The molecule has 0 saturated heterocycles. The van der Waals surface area contributed by atoms with Gasteiger partial charge >= 0.3 is 0 Å². The fourth-order valence-corrected chi connectivity index (χ4v) is 2.88. The van der Waals surface area contributed by atoms with Crippen molar-refractivity contribution in [2.45, 2.75) is 57.5 Å². The van der Waals surface area contributed by atoms with Crippen LogP contribution in [0.3, 0.4) is 0 Å². The summed E-state index contributed by atoms with van der Waals surface area (Å²) in [5, 5.41) is 2.69. The number of nitrogens with zero attached hydrogens (tertiary/aromatic N) is 1. The molecule has 100 valence electrons. The van der Waals surface area contributed by atoms with Crippen molar-refractivity contribution in [3.63, 3.8) is 0 Å². The second-order valence-corrected chi connectivity index (χ2v) is 4.89.